The van der Waals surface area contributed by atoms with Crippen molar-refractivity contribution in [2.45, 2.75) is 58.9 Å². The Morgan fingerprint density at radius 3 is 2.65 bits per heavy atom. The van der Waals surface area contributed by atoms with Crippen molar-refractivity contribution in [1.82, 2.24) is 14.9 Å². The van der Waals surface area contributed by atoms with Gasteiger partial charge in [0.25, 0.3) is 0 Å². The molecular formula is C17H26N4O2. The molecule has 0 aliphatic carbocycles. The van der Waals surface area contributed by atoms with Crippen LogP contribution in [0.3, 0.4) is 0 Å². The molecule has 1 saturated heterocycles. The van der Waals surface area contributed by atoms with Crippen LogP contribution < -0.4 is 5.32 Å². The van der Waals surface area contributed by atoms with E-state index in [-0.39, 0.29) is 6.04 Å². The van der Waals surface area contributed by atoms with E-state index in [1.807, 2.05) is 6.92 Å². The highest BCUT2D eigenvalue weighted by Crippen LogP contribution is 2.27. The lowest BCUT2D eigenvalue weighted by Gasteiger charge is -2.29. The Morgan fingerprint density at radius 2 is 2.04 bits per heavy atom. The number of carbonyl (C=O) groups is 2. The van der Waals surface area contributed by atoms with Crippen molar-refractivity contribution in [3.05, 3.63) is 18.2 Å². The fourth-order valence-electron chi connectivity index (χ4n) is 3.20. The minimum Gasteiger partial charge on any atom is -0.331 e. The molecule has 0 radical (unpaired) electrons. The lowest BCUT2D eigenvalue weighted by Crippen LogP contribution is -2.44. The Bertz CT molecular complexity index is 544. The van der Waals surface area contributed by atoms with Gasteiger partial charge in [0, 0.05) is 19.0 Å². The van der Waals surface area contributed by atoms with E-state index in [0.717, 1.165) is 32.1 Å². The van der Waals surface area contributed by atoms with Gasteiger partial charge >= 0.3 is 11.8 Å². The molecule has 1 aromatic heterocycles. The minimum atomic E-state index is -0.603. The van der Waals surface area contributed by atoms with Gasteiger partial charge in [0.05, 0.1) is 18.1 Å². The lowest BCUT2D eigenvalue weighted by atomic mass is 9.95. The third kappa shape index (κ3) is 4.27. The van der Waals surface area contributed by atoms with Crippen LogP contribution in [0.4, 0.5) is 5.69 Å². The van der Waals surface area contributed by atoms with Crippen LogP contribution in [0.25, 0.3) is 0 Å². The van der Waals surface area contributed by atoms with Crippen LogP contribution in [-0.4, -0.2) is 39.3 Å². The minimum absolute atomic E-state index is 0.173. The van der Waals surface area contributed by atoms with Gasteiger partial charge in [-0.25, -0.2) is 9.97 Å². The van der Waals surface area contributed by atoms with Crippen LogP contribution in [0.15, 0.2) is 12.4 Å². The highest BCUT2D eigenvalue weighted by Gasteiger charge is 2.35. The normalized spacial score (nSPS) is 18.7. The molecule has 0 aromatic carbocycles. The monoisotopic (exact) mass is 318 g/mol. The molecule has 0 saturated carbocycles. The second kappa shape index (κ2) is 8.04. The van der Waals surface area contributed by atoms with E-state index < -0.39 is 11.8 Å². The highest BCUT2D eigenvalue weighted by atomic mass is 16.2. The van der Waals surface area contributed by atoms with E-state index >= 15 is 0 Å². The zero-order chi connectivity index (χ0) is 16.8. The van der Waals surface area contributed by atoms with Crippen LogP contribution in [-0.2, 0) is 16.0 Å². The van der Waals surface area contributed by atoms with Crippen LogP contribution in [0.5, 0.6) is 0 Å². The third-order valence-corrected chi connectivity index (χ3v) is 4.43. The van der Waals surface area contributed by atoms with Crippen LogP contribution in [0.2, 0.25) is 0 Å². The van der Waals surface area contributed by atoms with E-state index in [1.54, 1.807) is 4.90 Å². The number of likely N-dealkylation sites (tertiary alicyclic amines) is 1. The predicted molar refractivity (Wildman–Crippen MR) is 88.8 cm³/mol. The van der Waals surface area contributed by atoms with E-state index in [4.69, 9.17) is 0 Å². The first-order chi connectivity index (χ1) is 11.1. The van der Waals surface area contributed by atoms with Crippen LogP contribution in [0, 0.1) is 5.92 Å². The number of aromatic nitrogens is 2. The van der Waals surface area contributed by atoms with E-state index in [1.165, 1.54) is 12.4 Å². The molecule has 1 aliphatic rings. The summed E-state index contributed by atoms with van der Waals surface area (Å²) in [7, 11) is 0. The Kier molecular flexibility index (Phi) is 6.07. The summed E-state index contributed by atoms with van der Waals surface area (Å²) in [6.45, 7) is 6.93. The molecule has 1 aromatic rings. The van der Waals surface area contributed by atoms with Crippen LogP contribution in [0.1, 0.15) is 52.3 Å². The largest absolute Gasteiger partial charge is 0.331 e. The smallest absolute Gasteiger partial charge is 0.313 e. The molecule has 0 bridgehead atoms. The third-order valence-electron chi connectivity index (χ3n) is 4.43. The number of aryl methyl sites for hydroxylation is 1. The Balaban J connectivity index is 1.99. The zero-order valence-electron chi connectivity index (χ0n) is 14.2. The number of nitrogens with zero attached hydrogens (tertiary/aromatic N) is 3. The molecule has 126 valence electrons. The summed E-state index contributed by atoms with van der Waals surface area (Å²) < 4.78 is 0. The van der Waals surface area contributed by atoms with Crippen molar-refractivity contribution in [3.8, 4) is 0 Å². The summed E-state index contributed by atoms with van der Waals surface area (Å²) in [4.78, 5) is 34.7. The van der Waals surface area contributed by atoms with Crippen LogP contribution >= 0.6 is 0 Å². The standard InChI is InChI=1S/C17H26N4O2/c1-4-7-12(3)14-8-6-9-21(14)17(23)16(22)20-13-10-18-15(5-2)19-11-13/h10-12,14H,4-9H2,1-3H3,(H,20,22)/t12-,14-/m1/s1. The van der Waals surface area contributed by atoms with Gasteiger partial charge in [0.1, 0.15) is 5.82 Å². The average molecular weight is 318 g/mol. The SMILES string of the molecule is CCC[C@@H](C)[C@H]1CCCN1C(=O)C(=O)Nc1cnc(CC)nc1. The maximum Gasteiger partial charge on any atom is 0.313 e. The zero-order valence-corrected chi connectivity index (χ0v) is 14.2. The molecule has 1 aliphatic heterocycles. The number of anilines is 1. The molecule has 0 spiro atoms. The number of amides is 2. The summed E-state index contributed by atoms with van der Waals surface area (Å²) in [6, 6.07) is 0.173. The Labute approximate surface area is 137 Å². The van der Waals surface area contributed by atoms with Crippen molar-refractivity contribution >= 4 is 17.5 Å². The second-order valence-electron chi connectivity index (χ2n) is 6.17. The van der Waals surface area contributed by atoms with Crippen molar-refractivity contribution in [2.24, 2.45) is 5.92 Å². The van der Waals surface area contributed by atoms with Crippen molar-refractivity contribution < 1.29 is 9.59 Å². The van der Waals surface area contributed by atoms with Gasteiger partial charge in [-0.05, 0) is 25.2 Å². The quantitative estimate of drug-likeness (QED) is 0.846. The molecule has 6 nitrogen and oxygen atoms in total. The fourth-order valence-corrected chi connectivity index (χ4v) is 3.20. The first kappa shape index (κ1) is 17.4. The molecule has 23 heavy (non-hydrogen) atoms. The first-order valence-corrected chi connectivity index (χ1v) is 8.49. The molecule has 2 atom stereocenters. The number of hydrogen-bond donors (Lipinski definition) is 1. The number of nitrogens with one attached hydrogen (secondary N) is 1. The maximum atomic E-state index is 12.5. The summed E-state index contributed by atoms with van der Waals surface area (Å²) >= 11 is 0. The molecule has 0 unspecified atom stereocenters. The fraction of sp³-hybridized carbons (Fsp3) is 0.647. The Hall–Kier alpha value is -1.98. The number of carbonyl (C=O) groups excluding carboxylic acids is 2. The van der Waals surface area contributed by atoms with Crippen molar-refractivity contribution in [1.29, 1.82) is 0 Å². The van der Waals surface area contributed by atoms with Gasteiger partial charge in [-0.2, -0.15) is 0 Å². The molecule has 2 rings (SSSR count). The summed E-state index contributed by atoms with van der Waals surface area (Å²) in [5.74, 6) is 0.0808. The van der Waals surface area contributed by atoms with Gasteiger partial charge in [0.2, 0.25) is 0 Å². The molecule has 6 heteroatoms. The predicted octanol–water partition coefficient (Wildman–Crippen LogP) is 2.40. The van der Waals surface area contributed by atoms with Gasteiger partial charge in [-0.1, -0.05) is 27.2 Å². The van der Waals surface area contributed by atoms with Gasteiger partial charge in [-0.15, -0.1) is 0 Å². The lowest BCUT2D eigenvalue weighted by molar-refractivity contribution is -0.144. The number of rotatable bonds is 5. The average Bonchev–Trinajstić information content (AvgIpc) is 3.04. The molecule has 2 amide bonds. The first-order valence-electron chi connectivity index (χ1n) is 8.49. The second-order valence-corrected chi connectivity index (χ2v) is 6.17. The molecule has 2 heterocycles. The molecular weight excluding hydrogens is 292 g/mol. The summed E-state index contributed by atoms with van der Waals surface area (Å²) in [5.41, 5.74) is 0.456. The summed E-state index contributed by atoms with van der Waals surface area (Å²) in [6.07, 6.45) is 7.92. The highest BCUT2D eigenvalue weighted by molar-refractivity contribution is 6.39. The molecule has 1 N–H and O–H groups in total. The van der Waals surface area contributed by atoms with Crippen molar-refractivity contribution in [2.75, 3.05) is 11.9 Å². The molecule has 1 fully saturated rings. The Morgan fingerprint density at radius 1 is 1.35 bits per heavy atom. The summed E-state index contributed by atoms with van der Waals surface area (Å²) in [5, 5.41) is 2.61. The van der Waals surface area contributed by atoms with Gasteiger partial charge in [-0.3, -0.25) is 9.59 Å². The van der Waals surface area contributed by atoms with Crippen molar-refractivity contribution in [3.63, 3.8) is 0 Å². The maximum absolute atomic E-state index is 12.5. The van der Waals surface area contributed by atoms with Gasteiger partial charge < -0.3 is 10.2 Å². The van der Waals surface area contributed by atoms with E-state index in [9.17, 15) is 9.59 Å². The topological polar surface area (TPSA) is 75.2 Å². The number of hydrogen-bond acceptors (Lipinski definition) is 4. The van der Waals surface area contributed by atoms with E-state index in [2.05, 4.69) is 29.1 Å². The van der Waals surface area contributed by atoms with E-state index in [0.29, 0.717) is 24.0 Å². The van der Waals surface area contributed by atoms with Gasteiger partial charge in [0.15, 0.2) is 0 Å².